The molecule has 3 rings (SSSR count). The van der Waals surface area contributed by atoms with E-state index >= 15 is 0 Å². The van der Waals surface area contributed by atoms with Crippen LogP contribution >= 0.6 is 0 Å². The molecule has 6 nitrogen and oxygen atoms in total. The fourth-order valence-electron chi connectivity index (χ4n) is 3.36. The molecule has 6 heteroatoms. The van der Waals surface area contributed by atoms with E-state index in [-0.39, 0.29) is 5.56 Å². The normalized spacial score (nSPS) is 11.3. The number of nitrogens with zero attached hydrogens (tertiary/aromatic N) is 3. The molecule has 2 N–H and O–H groups in total. The van der Waals surface area contributed by atoms with Crippen LogP contribution in [-0.2, 0) is 6.54 Å². The van der Waals surface area contributed by atoms with Crippen molar-refractivity contribution in [1.82, 2.24) is 14.5 Å². The van der Waals surface area contributed by atoms with Crippen molar-refractivity contribution in [3.8, 4) is 5.69 Å². The van der Waals surface area contributed by atoms with Crippen molar-refractivity contribution in [2.45, 2.75) is 26.8 Å². The highest BCUT2D eigenvalue weighted by molar-refractivity contribution is 5.95. The first-order chi connectivity index (χ1) is 12.9. The molecular formula is C21H24N4O2. The summed E-state index contributed by atoms with van der Waals surface area (Å²) in [5.74, 6) is -0.516. The molecule has 0 bridgehead atoms. The maximum absolute atomic E-state index is 13.1. The van der Waals surface area contributed by atoms with Gasteiger partial charge in [0.25, 0.3) is 5.56 Å². The number of hydrogen-bond acceptors (Lipinski definition) is 4. The molecule has 0 aliphatic carbocycles. The second-order valence-electron chi connectivity index (χ2n) is 6.82. The summed E-state index contributed by atoms with van der Waals surface area (Å²) in [4.78, 5) is 31.4. The van der Waals surface area contributed by atoms with E-state index in [1.165, 1.54) is 10.9 Å². The third-order valence-electron chi connectivity index (χ3n) is 4.71. The fraction of sp³-hybridized carbons (Fsp3) is 0.286. The van der Waals surface area contributed by atoms with E-state index in [9.17, 15) is 9.59 Å². The van der Waals surface area contributed by atoms with Crippen LogP contribution in [0, 0.1) is 6.92 Å². The van der Waals surface area contributed by atoms with Crippen molar-refractivity contribution >= 4 is 16.8 Å². The number of carbonyl (C=O) groups is 1. The van der Waals surface area contributed by atoms with E-state index in [0.29, 0.717) is 27.7 Å². The first-order valence-corrected chi connectivity index (χ1v) is 9.01. The van der Waals surface area contributed by atoms with Crippen LogP contribution in [-0.4, -0.2) is 34.0 Å². The summed E-state index contributed by atoms with van der Waals surface area (Å²) in [7, 11) is 2.06. The van der Waals surface area contributed by atoms with Crippen LogP contribution in [0.5, 0.6) is 0 Å². The van der Waals surface area contributed by atoms with Crippen LogP contribution in [0.25, 0.3) is 16.6 Å². The molecule has 2 aromatic carbocycles. The Bertz CT molecular complexity index is 1060. The molecular weight excluding hydrogens is 340 g/mol. The zero-order valence-electron chi connectivity index (χ0n) is 15.9. The number of nitrogens with two attached hydrogens (primary N) is 1. The highest BCUT2D eigenvalue weighted by Gasteiger charge is 2.13. The molecule has 3 aromatic rings. The molecule has 0 saturated carbocycles. The molecule has 140 valence electrons. The number of fused-ring (bicyclic) bond motifs is 1. The first kappa shape index (κ1) is 18.8. The highest BCUT2D eigenvalue weighted by atomic mass is 16.1. The van der Waals surface area contributed by atoms with E-state index in [2.05, 4.69) is 23.9 Å². The second-order valence-corrected chi connectivity index (χ2v) is 6.82. The van der Waals surface area contributed by atoms with Crippen LogP contribution in [0.3, 0.4) is 0 Å². The molecule has 1 heterocycles. The van der Waals surface area contributed by atoms with Crippen LogP contribution in [0.1, 0.15) is 34.8 Å². The molecule has 1 amide bonds. The zero-order chi connectivity index (χ0) is 19.6. The van der Waals surface area contributed by atoms with Gasteiger partial charge >= 0.3 is 0 Å². The van der Waals surface area contributed by atoms with Gasteiger partial charge in [0.1, 0.15) is 6.33 Å². The quantitative estimate of drug-likeness (QED) is 0.729. The summed E-state index contributed by atoms with van der Waals surface area (Å²) in [6.07, 6.45) is 2.58. The summed E-state index contributed by atoms with van der Waals surface area (Å²) in [5, 5.41) is 0.559. The fourth-order valence-corrected chi connectivity index (χ4v) is 3.36. The minimum atomic E-state index is -0.516. The lowest BCUT2D eigenvalue weighted by molar-refractivity contribution is 0.0999. The molecule has 0 fully saturated rings. The van der Waals surface area contributed by atoms with Gasteiger partial charge < -0.3 is 10.6 Å². The number of aromatic nitrogens is 2. The maximum atomic E-state index is 13.1. The Morgan fingerprint density at radius 3 is 2.74 bits per heavy atom. The minimum absolute atomic E-state index is 0.162. The smallest absolute Gasteiger partial charge is 0.265 e. The maximum Gasteiger partial charge on any atom is 0.265 e. The van der Waals surface area contributed by atoms with Crippen LogP contribution in [0.15, 0.2) is 47.5 Å². The van der Waals surface area contributed by atoms with Gasteiger partial charge in [0.2, 0.25) is 5.91 Å². The molecule has 27 heavy (non-hydrogen) atoms. The molecule has 0 aliphatic heterocycles. The summed E-state index contributed by atoms with van der Waals surface area (Å²) >= 11 is 0. The Hall–Kier alpha value is -2.99. The summed E-state index contributed by atoms with van der Waals surface area (Å²) < 4.78 is 1.48. The number of benzene rings is 2. The molecule has 0 spiro atoms. The van der Waals surface area contributed by atoms with E-state index in [4.69, 9.17) is 5.73 Å². The van der Waals surface area contributed by atoms with Gasteiger partial charge in [-0.1, -0.05) is 19.1 Å². The first-order valence-electron chi connectivity index (χ1n) is 9.01. The Kier molecular flexibility index (Phi) is 5.37. The number of amides is 1. The van der Waals surface area contributed by atoms with Gasteiger partial charge in [-0.05, 0) is 62.3 Å². The lowest BCUT2D eigenvalue weighted by Gasteiger charge is -2.16. The molecule has 0 radical (unpaired) electrons. The Morgan fingerprint density at radius 2 is 2.04 bits per heavy atom. The lowest BCUT2D eigenvalue weighted by Crippen LogP contribution is -2.22. The van der Waals surface area contributed by atoms with Crippen molar-refractivity contribution < 1.29 is 4.79 Å². The minimum Gasteiger partial charge on any atom is -0.366 e. The average molecular weight is 364 g/mol. The van der Waals surface area contributed by atoms with Crippen molar-refractivity contribution in [2.75, 3.05) is 13.6 Å². The largest absolute Gasteiger partial charge is 0.366 e. The van der Waals surface area contributed by atoms with Gasteiger partial charge in [-0.3, -0.25) is 14.2 Å². The average Bonchev–Trinajstić information content (AvgIpc) is 2.63. The number of carbonyl (C=O) groups excluding carboxylic acids is 1. The van der Waals surface area contributed by atoms with Crippen molar-refractivity contribution in [2.24, 2.45) is 5.73 Å². The van der Waals surface area contributed by atoms with Crippen molar-refractivity contribution in [3.05, 3.63) is 69.8 Å². The summed E-state index contributed by atoms with van der Waals surface area (Å²) in [6, 6.07) is 10.9. The van der Waals surface area contributed by atoms with Crippen molar-refractivity contribution in [1.29, 1.82) is 0 Å². The summed E-state index contributed by atoms with van der Waals surface area (Å²) in [6.45, 7) is 5.69. The zero-order valence-corrected chi connectivity index (χ0v) is 15.9. The molecule has 0 unspecified atom stereocenters. The molecule has 0 saturated heterocycles. The van der Waals surface area contributed by atoms with Crippen LogP contribution in [0.2, 0.25) is 0 Å². The standard InChI is InChI=1S/C21H24N4O2/c1-4-10-24(3)12-15-8-9-18-17(11-15)21(27)25(13-23-18)19-7-5-6-16(14(19)2)20(22)26/h5-9,11,13H,4,10,12H2,1-3H3,(H2,22,26). The number of rotatable bonds is 6. The third-order valence-corrected chi connectivity index (χ3v) is 4.71. The van der Waals surface area contributed by atoms with Crippen LogP contribution < -0.4 is 11.3 Å². The summed E-state index contributed by atoms with van der Waals surface area (Å²) in [5.41, 5.74) is 8.66. The molecule has 1 aromatic heterocycles. The van der Waals surface area contributed by atoms with Crippen molar-refractivity contribution in [3.63, 3.8) is 0 Å². The van der Waals surface area contributed by atoms with Gasteiger partial charge in [-0.15, -0.1) is 0 Å². The topological polar surface area (TPSA) is 81.2 Å². The Balaban J connectivity index is 2.11. The number of primary amides is 1. The molecule has 0 aliphatic rings. The lowest BCUT2D eigenvalue weighted by atomic mass is 10.1. The molecule has 0 atom stereocenters. The van der Waals surface area contributed by atoms with Gasteiger partial charge in [0.05, 0.1) is 16.6 Å². The number of hydrogen-bond donors (Lipinski definition) is 1. The van der Waals surface area contributed by atoms with E-state index in [0.717, 1.165) is 25.1 Å². The van der Waals surface area contributed by atoms with Crippen LogP contribution in [0.4, 0.5) is 0 Å². The van der Waals surface area contributed by atoms with Gasteiger partial charge in [-0.2, -0.15) is 0 Å². The monoisotopic (exact) mass is 364 g/mol. The third kappa shape index (κ3) is 3.75. The Morgan fingerprint density at radius 1 is 1.26 bits per heavy atom. The van der Waals surface area contributed by atoms with E-state index in [1.54, 1.807) is 25.1 Å². The predicted molar refractivity (Wildman–Crippen MR) is 107 cm³/mol. The van der Waals surface area contributed by atoms with E-state index in [1.807, 2.05) is 18.2 Å². The second kappa shape index (κ2) is 7.72. The Labute approximate surface area is 158 Å². The highest BCUT2D eigenvalue weighted by Crippen LogP contribution is 2.18. The van der Waals surface area contributed by atoms with Gasteiger partial charge in [0.15, 0.2) is 0 Å². The predicted octanol–water partition coefficient (Wildman–Crippen LogP) is 2.63. The van der Waals surface area contributed by atoms with Gasteiger partial charge in [-0.25, -0.2) is 4.98 Å². The van der Waals surface area contributed by atoms with E-state index < -0.39 is 5.91 Å². The van der Waals surface area contributed by atoms with Gasteiger partial charge in [0, 0.05) is 12.1 Å². The SMILES string of the molecule is CCCN(C)Cc1ccc2ncn(-c3cccc(C(N)=O)c3C)c(=O)c2c1.